The highest BCUT2D eigenvalue weighted by molar-refractivity contribution is 7.92. The second kappa shape index (κ2) is 12.0. The van der Waals surface area contributed by atoms with E-state index in [4.69, 9.17) is 4.74 Å². The lowest BCUT2D eigenvalue weighted by Crippen LogP contribution is -2.42. The summed E-state index contributed by atoms with van der Waals surface area (Å²) in [5.41, 5.74) is 2.91. The van der Waals surface area contributed by atoms with Gasteiger partial charge in [0.2, 0.25) is 5.91 Å². The van der Waals surface area contributed by atoms with Gasteiger partial charge in [0, 0.05) is 11.6 Å². The maximum atomic E-state index is 13.9. The Morgan fingerprint density at radius 1 is 0.925 bits per heavy atom. The first-order valence-corrected chi connectivity index (χ1v) is 13.9. The van der Waals surface area contributed by atoms with Gasteiger partial charge in [0.1, 0.15) is 12.3 Å². The van der Waals surface area contributed by atoms with Crippen LogP contribution in [-0.2, 0) is 14.8 Å². The fraction of sp³-hybridized carbons (Fsp3) is 0.167. The SMILES string of the molecule is COc1ccc(N(CC(=O)N[C@@H](c2ccccc2)c2ccc(C)cc2)S(=O)(=O)c2ccc(C)c([N+](=O)[O-])c2)cc1. The number of rotatable bonds is 10. The van der Waals surface area contributed by atoms with Crippen LogP contribution in [0.2, 0.25) is 0 Å². The lowest BCUT2D eigenvalue weighted by molar-refractivity contribution is -0.385. The van der Waals surface area contributed by atoms with Gasteiger partial charge in [-0.2, -0.15) is 0 Å². The molecule has 1 N–H and O–H groups in total. The highest BCUT2D eigenvalue weighted by Crippen LogP contribution is 2.29. The van der Waals surface area contributed by atoms with Crippen molar-refractivity contribution in [2.45, 2.75) is 24.8 Å². The van der Waals surface area contributed by atoms with Gasteiger partial charge in [0.15, 0.2) is 0 Å². The Hall–Kier alpha value is -4.70. The number of nitro groups is 1. The summed E-state index contributed by atoms with van der Waals surface area (Å²) in [4.78, 5) is 24.1. The zero-order chi connectivity index (χ0) is 28.9. The number of sulfonamides is 1. The molecule has 0 fully saturated rings. The third-order valence-electron chi connectivity index (χ3n) is 6.46. The summed E-state index contributed by atoms with van der Waals surface area (Å²) in [5.74, 6) is -0.0598. The summed E-state index contributed by atoms with van der Waals surface area (Å²) >= 11 is 0. The van der Waals surface area contributed by atoms with Crippen LogP contribution in [0.1, 0.15) is 28.3 Å². The first-order chi connectivity index (χ1) is 19.1. The van der Waals surface area contributed by atoms with Crippen molar-refractivity contribution in [1.29, 1.82) is 0 Å². The summed E-state index contributed by atoms with van der Waals surface area (Å²) in [6.07, 6.45) is 0. The van der Waals surface area contributed by atoms with Crippen LogP contribution in [0.25, 0.3) is 0 Å². The van der Waals surface area contributed by atoms with E-state index in [0.29, 0.717) is 11.3 Å². The molecule has 1 amide bonds. The molecule has 40 heavy (non-hydrogen) atoms. The molecule has 0 aromatic heterocycles. The molecule has 0 aliphatic carbocycles. The van der Waals surface area contributed by atoms with E-state index >= 15 is 0 Å². The molecule has 4 aromatic rings. The third-order valence-corrected chi connectivity index (χ3v) is 8.23. The van der Waals surface area contributed by atoms with Gasteiger partial charge in [-0.3, -0.25) is 19.2 Å². The first-order valence-electron chi connectivity index (χ1n) is 12.4. The molecule has 206 valence electrons. The second-order valence-corrected chi connectivity index (χ2v) is 11.1. The number of carbonyl (C=O) groups excluding carboxylic acids is 1. The monoisotopic (exact) mass is 559 g/mol. The fourth-order valence-electron chi connectivity index (χ4n) is 4.24. The number of benzene rings is 4. The zero-order valence-electron chi connectivity index (χ0n) is 22.3. The Morgan fingerprint density at radius 2 is 1.55 bits per heavy atom. The molecule has 0 bridgehead atoms. The predicted molar refractivity (Wildman–Crippen MR) is 153 cm³/mol. The fourth-order valence-corrected chi connectivity index (χ4v) is 5.68. The van der Waals surface area contributed by atoms with Gasteiger partial charge >= 0.3 is 0 Å². The number of aryl methyl sites for hydroxylation is 2. The number of methoxy groups -OCH3 is 1. The minimum absolute atomic E-state index is 0.200. The van der Waals surface area contributed by atoms with Crippen molar-refractivity contribution in [2.24, 2.45) is 0 Å². The number of hydrogen-bond donors (Lipinski definition) is 1. The number of carbonyl (C=O) groups is 1. The van der Waals surface area contributed by atoms with Crippen LogP contribution in [0, 0.1) is 24.0 Å². The third kappa shape index (κ3) is 6.29. The lowest BCUT2D eigenvalue weighted by atomic mass is 9.98. The highest BCUT2D eigenvalue weighted by Gasteiger charge is 2.30. The molecule has 0 aliphatic heterocycles. The standard InChI is InChI=1S/C30H29N3O6S/c1-21-9-12-24(13-10-21)30(23-7-5-4-6-8-23)31-29(34)20-32(25-14-16-26(39-3)17-15-25)40(37,38)27-18-11-22(2)28(19-27)33(35)36/h4-19,30H,20H2,1-3H3,(H,31,34)/t30-/m0/s1. The Morgan fingerprint density at radius 3 is 2.15 bits per heavy atom. The van der Waals surface area contributed by atoms with Crippen LogP contribution < -0.4 is 14.4 Å². The molecule has 0 spiro atoms. The Labute approximate surface area is 233 Å². The largest absolute Gasteiger partial charge is 0.497 e. The zero-order valence-corrected chi connectivity index (χ0v) is 23.1. The van der Waals surface area contributed by atoms with Crippen LogP contribution in [-0.4, -0.2) is 32.9 Å². The van der Waals surface area contributed by atoms with Crippen molar-refractivity contribution >= 4 is 27.3 Å². The van der Waals surface area contributed by atoms with Crippen molar-refractivity contribution in [3.05, 3.63) is 129 Å². The van der Waals surface area contributed by atoms with E-state index in [9.17, 15) is 23.3 Å². The Balaban J connectivity index is 1.72. The Kier molecular flexibility index (Phi) is 8.49. The van der Waals surface area contributed by atoms with Crippen LogP contribution in [0.5, 0.6) is 5.75 Å². The molecular weight excluding hydrogens is 530 g/mol. The molecule has 0 aliphatic rings. The molecule has 10 heteroatoms. The Bertz CT molecular complexity index is 1610. The van der Waals surface area contributed by atoms with Crippen molar-refractivity contribution in [2.75, 3.05) is 18.0 Å². The lowest BCUT2D eigenvalue weighted by Gasteiger charge is -2.26. The highest BCUT2D eigenvalue weighted by atomic mass is 32.2. The molecule has 9 nitrogen and oxygen atoms in total. The van der Waals surface area contributed by atoms with Gasteiger partial charge in [-0.25, -0.2) is 8.42 Å². The molecular formula is C30H29N3O6S. The van der Waals surface area contributed by atoms with Gasteiger partial charge in [-0.1, -0.05) is 66.2 Å². The van der Waals surface area contributed by atoms with Crippen LogP contribution in [0.3, 0.4) is 0 Å². The first kappa shape index (κ1) is 28.3. The van der Waals surface area contributed by atoms with Crippen LogP contribution >= 0.6 is 0 Å². The normalized spacial score (nSPS) is 11.9. The number of nitrogens with zero attached hydrogens (tertiary/aromatic N) is 2. The van der Waals surface area contributed by atoms with Crippen LogP contribution in [0.15, 0.2) is 102 Å². The smallest absolute Gasteiger partial charge is 0.273 e. The molecule has 0 unspecified atom stereocenters. The minimum atomic E-state index is -4.38. The average Bonchev–Trinajstić information content (AvgIpc) is 2.95. The summed E-state index contributed by atoms with van der Waals surface area (Å²) in [6.45, 7) is 2.93. The molecule has 4 aromatic carbocycles. The molecule has 0 radical (unpaired) electrons. The predicted octanol–water partition coefficient (Wildman–Crippen LogP) is 5.32. The summed E-state index contributed by atoms with van der Waals surface area (Å²) in [6, 6.07) is 26.4. The quantitative estimate of drug-likeness (QED) is 0.207. The van der Waals surface area contributed by atoms with E-state index in [1.54, 1.807) is 12.1 Å². The van der Waals surface area contributed by atoms with Gasteiger partial charge in [-0.15, -0.1) is 0 Å². The second-order valence-electron chi connectivity index (χ2n) is 9.24. The van der Waals surface area contributed by atoms with E-state index in [1.165, 1.54) is 38.3 Å². The number of anilines is 1. The molecule has 1 atom stereocenters. The molecule has 4 rings (SSSR count). The number of nitrogens with one attached hydrogen (secondary N) is 1. The van der Waals surface area contributed by atoms with E-state index < -0.39 is 33.4 Å². The number of ether oxygens (including phenoxy) is 1. The summed E-state index contributed by atoms with van der Waals surface area (Å²) in [7, 11) is -2.90. The molecule has 0 saturated heterocycles. The van der Waals surface area contributed by atoms with Crippen LogP contribution in [0.4, 0.5) is 11.4 Å². The number of amides is 1. The number of nitro benzene ring substituents is 1. The minimum Gasteiger partial charge on any atom is -0.497 e. The average molecular weight is 560 g/mol. The molecule has 0 heterocycles. The topological polar surface area (TPSA) is 119 Å². The van der Waals surface area contributed by atoms with Crippen molar-refractivity contribution in [3.8, 4) is 5.75 Å². The van der Waals surface area contributed by atoms with Gasteiger partial charge in [0.25, 0.3) is 15.7 Å². The summed E-state index contributed by atoms with van der Waals surface area (Å²) in [5, 5.41) is 14.5. The molecule has 0 saturated carbocycles. The van der Waals surface area contributed by atoms with Crippen molar-refractivity contribution < 1.29 is 22.9 Å². The van der Waals surface area contributed by atoms with Gasteiger partial charge in [-0.05, 0) is 55.3 Å². The van der Waals surface area contributed by atoms with E-state index in [-0.39, 0.29) is 16.3 Å². The van der Waals surface area contributed by atoms with Crippen molar-refractivity contribution in [3.63, 3.8) is 0 Å². The van der Waals surface area contributed by atoms with Gasteiger partial charge in [0.05, 0.1) is 28.7 Å². The van der Waals surface area contributed by atoms with Gasteiger partial charge < -0.3 is 10.1 Å². The van der Waals surface area contributed by atoms with E-state index in [0.717, 1.165) is 27.1 Å². The summed E-state index contributed by atoms with van der Waals surface area (Å²) < 4.78 is 33.9. The van der Waals surface area contributed by atoms with E-state index in [1.807, 2.05) is 61.5 Å². The van der Waals surface area contributed by atoms with Crippen molar-refractivity contribution in [1.82, 2.24) is 5.32 Å². The number of hydrogen-bond acceptors (Lipinski definition) is 6. The maximum absolute atomic E-state index is 13.9. The maximum Gasteiger partial charge on any atom is 0.273 e. The van der Waals surface area contributed by atoms with E-state index in [2.05, 4.69) is 5.32 Å².